The summed E-state index contributed by atoms with van der Waals surface area (Å²) in [6, 6.07) is 9.19. The van der Waals surface area contributed by atoms with Gasteiger partial charge < -0.3 is 10.2 Å². The minimum atomic E-state index is -3.54. The van der Waals surface area contributed by atoms with Crippen LogP contribution in [0.1, 0.15) is 18.9 Å². The van der Waals surface area contributed by atoms with Crippen LogP contribution in [0.3, 0.4) is 0 Å². The van der Waals surface area contributed by atoms with E-state index in [0.29, 0.717) is 25.1 Å². The SMILES string of the molecule is CCN1C(=O)CCc2cc(Nc3ccc(S(C)(=O)=O)cc3[N+](=O)[O-])ccc21. The molecule has 0 unspecified atom stereocenters. The monoisotopic (exact) mass is 389 g/mol. The molecular weight excluding hydrogens is 370 g/mol. The van der Waals surface area contributed by atoms with Gasteiger partial charge in [0.1, 0.15) is 5.69 Å². The fourth-order valence-electron chi connectivity index (χ4n) is 3.14. The summed E-state index contributed by atoms with van der Waals surface area (Å²) in [6.45, 7) is 2.49. The fraction of sp³-hybridized carbons (Fsp3) is 0.278. The van der Waals surface area contributed by atoms with Crippen molar-refractivity contribution in [2.75, 3.05) is 23.0 Å². The second-order valence-corrected chi connectivity index (χ2v) is 8.33. The predicted molar refractivity (Wildman–Crippen MR) is 102 cm³/mol. The average molecular weight is 389 g/mol. The lowest BCUT2D eigenvalue weighted by atomic mass is 10.0. The summed E-state index contributed by atoms with van der Waals surface area (Å²) in [5.41, 5.74) is 2.35. The molecule has 0 radical (unpaired) electrons. The number of aryl methyl sites for hydroxylation is 1. The minimum absolute atomic E-state index is 0.0812. The maximum absolute atomic E-state index is 12.0. The summed E-state index contributed by atoms with van der Waals surface area (Å²) in [4.78, 5) is 24.3. The van der Waals surface area contributed by atoms with E-state index in [-0.39, 0.29) is 22.2 Å². The molecule has 1 amide bonds. The summed E-state index contributed by atoms with van der Waals surface area (Å²) >= 11 is 0. The number of hydrogen-bond acceptors (Lipinski definition) is 6. The van der Waals surface area contributed by atoms with E-state index in [4.69, 9.17) is 0 Å². The van der Waals surface area contributed by atoms with Gasteiger partial charge in [-0.05, 0) is 49.2 Å². The summed E-state index contributed by atoms with van der Waals surface area (Å²) in [5, 5.41) is 14.4. The third-order valence-corrected chi connectivity index (χ3v) is 5.58. The lowest BCUT2D eigenvalue weighted by Gasteiger charge is -2.28. The Labute approximate surface area is 156 Å². The molecule has 0 saturated carbocycles. The van der Waals surface area contributed by atoms with Crippen molar-refractivity contribution in [1.82, 2.24) is 0 Å². The number of nitro groups is 1. The zero-order valence-electron chi connectivity index (χ0n) is 14.9. The molecule has 0 spiro atoms. The van der Waals surface area contributed by atoms with E-state index >= 15 is 0 Å². The molecule has 27 heavy (non-hydrogen) atoms. The number of carbonyl (C=O) groups excluding carboxylic acids is 1. The Balaban J connectivity index is 1.96. The molecule has 142 valence electrons. The van der Waals surface area contributed by atoms with Crippen LogP contribution in [0.25, 0.3) is 0 Å². The summed E-state index contributed by atoms with van der Waals surface area (Å²) in [5.74, 6) is 0.0812. The molecule has 3 rings (SSSR count). The standard InChI is InChI=1S/C18H19N3O5S/c1-3-20-16-8-5-13(10-12(16)4-9-18(20)22)19-15-7-6-14(27(2,25)26)11-17(15)21(23)24/h5-8,10-11,19H,3-4,9H2,1-2H3. The normalized spacial score (nSPS) is 14.0. The van der Waals surface area contributed by atoms with Gasteiger partial charge >= 0.3 is 0 Å². The molecule has 1 heterocycles. The van der Waals surface area contributed by atoms with Crippen LogP contribution >= 0.6 is 0 Å². The highest BCUT2D eigenvalue weighted by Crippen LogP contribution is 2.34. The Morgan fingerprint density at radius 3 is 2.56 bits per heavy atom. The second-order valence-electron chi connectivity index (χ2n) is 6.31. The minimum Gasteiger partial charge on any atom is -0.350 e. The van der Waals surface area contributed by atoms with Gasteiger partial charge in [0.05, 0.1) is 9.82 Å². The average Bonchev–Trinajstić information content (AvgIpc) is 2.61. The van der Waals surface area contributed by atoms with Crippen molar-refractivity contribution < 1.29 is 18.1 Å². The highest BCUT2D eigenvalue weighted by Gasteiger charge is 2.23. The topological polar surface area (TPSA) is 110 Å². The van der Waals surface area contributed by atoms with Gasteiger partial charge in [-0.15, -0.1) is 0 Å². The smallest absolute Gasteiger partial charge is 0.293 e. The van der Waals surface area contributed by atoms with E-state index in [1.54, 1.807) is 11.0 Å². The number of sulfone groups is 1. The lowest BCUT2D eigenvalue weighted by Crippen LogP contribution is -2.34. The first-order chi connectivity index (χ1) is 12.7. The molecule has 0 aromatic heterocycles. The number of nitro benzene ring substituents is 1. The van der Waals surface area contributed by atoms with E-state index in [0.717, 1.165) is 23.6 Å². The zero-order chi connectivity index (χ0) is 19.8. The van der Waals surface area contributed by atoms with E-state index < -0.39 is 14.8 Å². The molecule has 0 saturated heterocycles. The largest absolute Gasteiger partial charge is 0.350 e. The van der Waals surface area contributed by atoms with Crippen LogP contribution in [0.15, 0.2) is 41.3 Å². The second kappa shape index (κ2) is 6.99. The van der Waals surface area contributed by atoms with Gasteiger partial charge in [0, 0.05) is 36.7 Å². The van der Waals surface area contributed by atoms with Crippen LogP contribution in [0.2, 0.25) is 0 Å². The molecule has 0 fully saturated rings. The number of nitrogens with one attached hydrogen (secondary N) is 1. The Hall–Kier alpha value is -2.94. The summed E-state index contributed by atoms with van der Waals surface area (Å²) in [7, 11) is -3.54. The van der Waals surface area contributed by atoms with Crippen molar-refractivity contribution in [1.29, 1.82) is 0 Å². The van der Waals surface area contributed by atoms with Gasteiger partial charge in [0.15, 0.2) is 9.84 Å². The Kier molecular flexibility index (Phi) is 4.88. The molecule has 2 aromatic rings. The maximum atomic E-state index is 12.0. The Bertz CT molecular complexity index is 1030. The van der Waals surface area contributed by atoms with Crippen LogP contribution in [0.5, 0.6) is 0 Å². The van der Waals surface area contributed by atoms with Gasteiger partial charge in [-0.1, -0.05) is 0 Å². The number of anilines is 3. The number of hydrogen-bond donors (Lipinski definition) is 1. The molecule has 0 bridgehead atoms. The molecule has 9 heteroatoms. The molecule has 1 N–H and O–H groups in total. The molecule has 1 aliphatic rings. The van der Waals surface area contributed by atoms with Crippen molar-refractivity contribution in [3.63, 3.8) is 0 Å². The third-order valence-electron chi connectivity index (χ3n) is 4.47. The van der Waals surface area contributed by atoms with Crippen molar-refractivity contribution in [3.8, 4) is 0 Å². The first kappa shape index (κ1) is 18.8. The summed E-state index contributed by atoms with van der Waals surface area (Å²) in [6.07, 6.45) is 2.03. The van der Waals surface area contributed by atoms with E-state index in [1.165, 1.54) is 12.1 Å². The van der Waals surface area contributed by atoms with Crippen LogP contribution in [-0.4, -0.2) is 32.0 Å². The molecule has 2 aromatic carbocycles. The van der Waals surface area contributed by atoms with Crippen molar-refractivity contribution in [2.24, 2.45) is 0 Å². The van der Waals surface area contributed by atoms with Crippen molar-refractivity contribution >= 4 is 38.5 Å². The zero-order valence-corrected chi connectivity index (χ0v) is 15.7. The number of fused-ring (bicyclic) bond motifs is 1. The van der Waals surface area contributed by atoms with Gasteiger partial charge in [0.2, 0.25) is 5.91 Å². The molecule has 0 aliphatic carbocycles. The molecule has 0 atom stereocenters. The first-order valence-corrected chi connectivity index (χ1v) is 10.3. The third kappa shape index (κ3) is 3.77. The van der Waals surface area contributed by atoms with Gasteiger partial charge in [0.25, 0.3) is 5.69 Å². The number of amides is 1. The van der Waals surface area contributed by atoms with Gasteiger partial charge in [-0.2, -0.15) is 0 Å². The fourth-order valence-corrected chi connectivity index (χ4v) is 3.78. The van der Waals surface area contributed by atoms with E-state index in [1.807, 2.05) is 19.1 Å². The Morgan fingerprint density at radius 1 is 1.19 bits per heavy atom. The van der Waals surface area contributed by atoms with Crippen LogP contribution in [0.4, 0.5) is 22.7 Å². The first-order valence-electron chi connectivity index (χ1n) is 8.39. The van der Waals surface area contributed by atoms with Crippen molar-refractivity contribution in [3.05, 3.63) is 52.1 Å². The van der Waals surface area contributed by atoms with Crippen LogP contribution in [0, 0.1) is 10.1 Å². The van der Waals surface area contributed by atoms with Crippen LogP contribution < -0.4 is 10.2 Å². The van der Waals surface area contributed by atoms with E-state index in [2.05, 4.69) is 5.32 Å². The molecule has 1 aliphatic heterocycles. The Morgan fingerprint density at radius 2 is 1.93 bits per heavy atom. The number of rotatable bonds is 5. The maximum Gasteiger partial charge on any atom is 0.293 e. The van der Waals surface area contributed by atoms with E-state index in [9.17, 15) is 23.3 Å². The summed E-state index contributed by atoms with van der Waals surface area (Å²) < 4.78 is 23.3. The van der Waals surface area contributed by atoms with Gasteiger partial charge in [-0.3, -0.25) is 14.9 Å². The predicted octanol–water partition coefficient (Wildman–Crippen LogP) is 3.04. The highest BCUT2D eigenvalue weighted by molar-refractivity contribution is 7.90. The lowest BCUT2D eigenvalue weighted by molar-refractivity contribution is -0.384. The van der Waals surface area contributed by atoms with Crippen molar-refractivity contribution in [2.45, 2.75) is 24.7 Å². The van der Waals surface area contributed by atoms with Crippen LogP contribution in [-0.2, 0) is 21.1 Å². The molecule has 8 nitrogen and oxygen atoms in total. The number of benzene rings is 2. The number of nitrogens with zero attached hydrogens (tertiary/aromatic N) is 2. The molecular formula is C18H19N3O5S. The highest BCUT2D eigenvalue weighted by atomic mass is 32.2. The quantitative estimate of drug-likeness (QED) is 0.622. The number of carbonyl (C=O) groups is 1. The van der Waals surface area contributed by atoms with Gasteiger partial charge in [-0.25, -0.2) is 8.42 Å².